The summed E-state index contributed by atoms with van der Waals surface area (Å²) in [6.07, 6.45) is 0. The molecule has 0 radical (unpaired) electrons. The highest BCUT2D eigenvalue weighted by Gasteiger charge is 2.11. The Kier molecular flexibility index (Phi) is 6.46. The Hall–Kier alpha value is -2.57. The van der Waals surface area contributed by atoms with E-state index in [1.54, 1.807) is 7.11 Å². The first-order chi connectivity index (χ1) is 12.7. The zero-order valence-electron chi connectivity index (χ0n) is 15.1. The van der Waals surface area contributed by atoms with Crippen molar-refractivity contribution in [3.63, 3.8) is 0 Å². The molecule has 3 N–H and O–H groups in total. The van der Waals surface area contributed by atoms with Crippen molar-refractivity contribution >= 4 is 17.3 Å². The number of rotatable bonds is 7. The molecular formula is C20H26N3O3+. The van der Waals surface area contributed by atoms with E-state index in [1.165, 1.54) is 0 Å². The molecule has 1 aliphatic heterocycles. The molecule has 0 aliphatic carbocycles. The number of benzene rings is 2. The third-order valence-electron chi connectivity index (χ3n) is 4.37. The zero-order valence-corrected chi connectivity index (χ0v) is 15.1. The van der Waals surface area contributed by atoms with Crippen LogP contribution in [0.2, 0.25) is 0 Å². The van der Waals surface area contributed by atoms with Gasteiger partial charge in [-0.15, -0.1) is 0 Å². The zero-order chi connectivity index (χ0) is 18.2. The number of nitrogens with one attached hydrogen (secondary N) is 1. The Labute approximate surface area is 154 Å². The molecule has 0 aromatic heterocycles. The summed E-state index contributed by atoms with van der Waals surface area (Å²) in [5, 5.41) is 4.92. The van der Waals surface area contributed by atoms with E-state index in [1.807, 2.05) is 53.8 Å². The summed E-state index contributed by atoms with van der Waals surface area (Å²) in [7, 11) is 1.65. The Morgan fingerprint density at radius 3 is 2.69 bits per heavy atom. The third kappa shape index (κ3) is 5.21. The molecule has 0 spiro atoms. The quantitative estimate of drug-likeness (QED) is 0.783. The maximum Gasteiger partial charge on any atom is 0.279 e. The second kappa shape index (κ2) is 9.22. The molecule has 0 atom stereocenters. The van der Waals surface area contributed by atoms with Crippen LogP contribution in [0.25, 0.3) is 0 Å². The first-order valence-electron chi connectivity index (χ1n) is 8.92. The molecule has 3 rings (SSSR count). The van der Waals surface area contributed by atoms with Crippen LogP contribution in [-0.4, -0.2) is 45.9 Å². The van der Waals surface area contributed by atoms with Crippen LogP contribution in [0.15, 0.2) is 48.5 Å². The number of hydrogen-bond donors (Lipinski definition) is 2. The van der Waals surface area contributed by atoms with Crippen LogP contribution in [0.1, 0.15) is 5.56 Å². The number of anilines is 2. The molecule has 138 valence electrons. The van der Waals surface area contributed by atoms with Gasteiger partial charge in [0.1, 0.15) is 12.3 Å². The van der Waals surface area contributed by atoms with E-state index in [0.717, 1.165) is 55.5 Å². The van der Waals surface area contributed by atoms with Gasteiger partial charge in [0.2, 0.25) is 0 Å². The van der Waals surface area contributed by atoms with Crippen LogP contribution >= 0.6 is 0 Å². The van der Waals surface area contributed by atoms with Gasteiger partial charge < -0.3 is 25.0 Å². The largest absolute Gasteiger partial charge is 0.497 e. The fraction of sp³-hybridized carbons (Fsp3) is 0.350. The predicted octanol–water partition coefficient (Wildman–Crippen LogP) is 1.23. The summed E-state index contributed by atoms with van der Waals surface area (Å²) in [6, 6.07) is 15.9. The first kappa shape index (κ1) is 18.2. The number of nitrogens with two attached hydrogens (primary N) is 1. The van der Waals surface area contributed by atoms with Crippen molar-refractivity contribution in [3.05, 3.63) is 54.1 Å². The normalized spacial score (nSPS) is 14.1. The minimum Gasteiger partial charge on any atom is -0.497 e. The highest BCUT2D eigenvalue weighted by Crippen LogP contribution is 2.18. The molecule has 26 heavy (non-hydrogen) atoms. The second-order valence-electron chi connectivity index (χ2n) is 6.24. The van der Waals surface area contributed by atoms with Gasteiger partial charge in [-0.05, 0) is 36.4 Å². The molecule has 2 aromatic carbocycles. The van der Waals surface area contributed by atoms with Crippen LogP contribution < -0.4 is 20.3 Å². The lowest BCUT2D eigenvalue weighted by Gasteiger charge is -2.28. The Morgan fingerprint density at radius 2 is 1.96 bits per heavy atom. The number of ether oxygens (including phenoxy) is 2. The lowest BCUT2D eigenvalue weighted by molar-refractivity contribution is -0.659. The SMILES string of the molecule is COc1cccc(C[NH2+]CC(=O)Nc2ccc(N3CCOCC3)cc2)c1. The molecule has 1 fully saturated rings. The summed E-state index contributed by atoms with van der Waals surface area (Å²) < 4.78 is 10.6. The van der Waals surface area contributed by atoms with E-state index >= 15 is 0 Å². The van der Waals surface area contributed by atoms with Crippen molar-refractivity contribution in [2.75, 3.05) is 50.2 Å². The smallest absolute Gasteiger partial charge is 0.279 e. The van der Waals surface area contributed by atoms with Crippen LogP contribution in [0, 0.1) is 0 Å². The Balaban J connectivity index is 1.44. The average molecular weight is 356 g/mol. The fourth-order valence-electron chi connectivity index (χ4n) is 2.96. The summed E-state index contributed by atoms with van der Waals surface area (Å²) >= 11 is 0. The van der Waals surface area contributed by atoms with E-state index in [0.29, 0.717) is 6.54 Å². The number of carbonyl (C=O) groups excluding carboxylic acids is 1. The van der Waals surface area contributed by atoms with Crippen LogP contribution in [0.4, 0.5) is 11.4 Å². The van der Waals surface area contributed by atoms with Gasteiger partial charge in [-0.25, -0.2) is 0 Å². The topological polar surface area (TPSA) is 67.4 Å². The summed E-state index contributed by atoms with van der Waals surface area (Å²) in [4.78, 5) is 14.4. The summed E-state index contributed by atoms with van der Waals surface area (Å²) in [5.41, 5.74) is 3.12. The summed E-state index contributed by atoms with van der Waals surface area (Å²) in [6.45, 7) is 4.46. The molecule has 6 heteroatoms. The van der Waals surface area contributed by atoms with Crippen LogP contribution in [-0.2, 0) is 16.1 Å². The van der Waals surface area contributed by atoms with Crippen molar-refractivity contribution in [2.24, 2.45) is 0 Å². The molecule has 1 heterocycles. The van der Waals surface area contributed by atoms with Crippen LogP contribution in [0.5, 0.6) is 5.75 Å². The molecular weight excluding hydrogens is 330 g/mol. The maximum atomic E-state index is 12.1. The predicted molar refractivity (Wildman–Crippen MR) is 102 cm³/mol. The van der Waals surface area contributed by atoms with Gasteiger partial charge in [-0.2, -0.15) is 0 Å². The minimum absolute atomic E-state index is 0.00739. The van der Waals surface area contributed by atoms with E-state index in [-0.39, 0.29) is 5.91 Å². The number of morpholine rings is 1. The van der Waals surface area contributed by atoms with Crippen molar-refractivity contribution in [2.45, 2.75) is 6.54 Å². The second-order valence-corrected chi connectivity index (χ2v) is 6.24. The monoisotopic (exact) mass is 356 g/mol. The number of amides is 1. The van der Waals surface area contributed by atoms with E-state index in [2.05, 4.69) is 10.2 Å². The number of nitrogens with zero attached hydrogens (tertiary/aromatic N) is 1. The standard InChI is InChI=1S/C20H25N3O3/c1-25-19-4-2-3-16(13-19)14-21-15-20(24)22-17-5-7-18(8-6-17)23-9-11-26-12-10-23/h2-8,13,21H,9-12,14-15H2,1H3,(H,22,24)/p+1. The molecule has 6 nitrogen and oxygen atoms in total. The number of methoxy groups -OCH3 is 1. The molecule has 1 amide bonds. The maximum absolute atomic E-state index is 12.1. The van der Waals surface area contributed by atoms with Gasteiger partial charge in [0.25, 0.3) is 5.91 Å². The van der Waals surface area contributed by atoms with Crippen molar-refractivity contribution in [1.29, 1.82) is 0 Å². The lowest BCUT2D eigenvalue weighted by atomic mass is 10.2. The van der Waals surface area contributed by atoms with Crippen LogP contribution in [0.3, 0.4) is 0 Å². The molecule has 0 bridgehead atoms. The molecule has 1 aliphatic rings. The van der Waals surface area contributed by atoms with Gasteiger partial charge in [0.05, 0.1) is 20.3 Å². The highest BCUT2D eigenvalue weighted by atomic mass is 16.5. The number of hydrogen-bond acceptors (Lipinski definition) is 4. The first-order valence-corrected chi connectivity index (χ1v) is 8.92. The van der Waals surface area contributed by atoms with Crippen molar-refractivity contribution in [3.8, 4) is 5.75 Å². The van der Waals surface area contributed by atoms with Gasteiger partial charge in [-0.1, -0.05) is 12.1 Å². The van der Waals surface area contributed by atoms with Gasteiger partial charge in [-0.3, -0.25) is 4.79 Å². The van der Waals surface area contributed by atoms with Gasteiger partial charge in [0, 0.05) is 30.0 Å². The summed E-state index contributed by atoms with van der Waals surface area (Å²) in [5.74, 6) is 0.827. The minimum atomic E-state index is -0.00739. The molecule has 0 saturated carbocycles. The lowest BCUT2D eigenvalue weighted by Crippen LogP contribution is -2.84. The van der Waals surface area contributed by atoms with Gasteiger partial charge in [0.15, 0.2) is 6.54 Å². The number of carbonyl (C=O) groups is 1. The van der Waals surface area contributed by atoms with Crippen molar-refractivity contribution in [1.82, 2.24) is 0 Å². The molecule has 0 unspecified atom stereocenters. The van der Waals surface area contributed by atoms with E-state index in [4.69, 9.17) is 9.47 Å². The third-order valence-corrected chi connectivity index (χ3v) is 4.37. The van der Waals surface area contributed by atoms with E-state index < -0.39 is 0 Å². The molecule has 2 aromatic rings. The number of quaternary nitrogens is 1. The average Bonchev–Trinajstić information content (AvgIpc) is 2.69. The van der Waals surface area contributed by atoms with Gasteiger partial charge >= 0.3 is 0 Å². The molecule has 1 saturated heterocycles. The Morgan fingerprint density at radius 1 is 1.19 bits per heavy atom. The van der Waals surface area contributed by atoms with Crippen molar-refractivity contribution < 1.29 is 19.6 Å². The fourth-order valence-corrected chi connectivity index (χ4v) is 2.96. The van der Waals surface area contributed by atoms with E-state index in [9.17, 15) is 4.79 Å². The Bertz CT molecular complexity index is 712. The highest BCUT2D eigenvalue weighted by molar-refractivity contribution is 5.91.